The fourth-order valence-electron chi connectivity index (χ4n) is 1.98. The Bertz CT molecular complexity index is 518. The van der Waals surface area contributed by atoms with Crippen LogP contribution in [0.5, 0.6) is 0 Å². The summed E-state index contributed by atoms with van der Waals surface area (Å²) < 4.78 is 6.91. The lowest BCUT2D eigenvalue weighted by molar-refractivity contribution is -0.121. The van der Waals surface area contributed by atoms with Crippen molar-refractivity contribution in [3.05, 3.63) is 12.4 Å². The topological polar surface area (TPSA) is 67.7 Å². The molecule has 1 aliphatic heterocycles. The van der Waals surface area contributed by atoms with Crippen molar-refractivity contribution in [2.45, 2.75) is 26.4 Å². The van der Waals surface area contributed by atoms with Crippen LogP contribution in [-0.2, 0) is 16.6 Å². The highest BCUT2D eigenvalue weighted by Gasteiger charge is 2.31. The molecule has 1 fully saturated rings. The van der Waals surface area contributed by atoms with E-state index >= 15 is 0 Å². The predicted octanol–water partition coefficient (Wildman–Crippen LogP) is 1.00. The number of aromatic nitrogens is 2. The largest absolute Gasteiger partial charge is 0.444 e. The van der Waals surface area contributed by atoms with E-state index in [0.717, 1.165) is 5.69 Å². The maximum Gasteiger partial charge on any atom is 0.410 e. The molecule has 0 saturated carbocycles. The number of ether oxygens (including phenoxy) is 1. The second kappa shape index (κ2) is 5.15. The standard InChI is InChI=1S/C13H20N4O3/c1-13(2,3)20-12(19)16-5-6-17(11(18)9-16)10-7-14-15(4)8-10/h7-8H,5-6,9H2,1-4H3. The van der Waals surface area contributed by atoms with Gasteiger partial charge < -0.3 is 9.64 Å². The summed E-state index contributed by atoms with van der Waals surface area (Å²) in [4.78, 5) is 27.1. The van der Waals surface area contributed by atoms with Crippen LogP contribution in [0.4, 0.5) is 10.5 Å². The van der Waals surface area contributed by atoms with Gasteiger partial charge in [-0.05, 0) is 20.8 Å². The molecule has 1 saturated heterocycles. The Balaban J connectivity index is 1.99. The molecule has 7 nitrogen and oxygen atoms in total. The Hall–Kier alpha value is -2.05. The van der Waals surface area contributed by atoms with E-state index < -0.39 is 11.7 Å². The summed E-state index contributed by atoms with van der Waals surface area (Å²) in [5.41, 5.74) is 0.196. The number of nitrogens with zero attached hydrogens (tertiary/aromatic N) is 4. The van der Waals surface area contributed by atoms with Crippen LogP contribution in [0.3, 0.4) is 0 Å². The molecule has 0 aliphatic carbocycles. The number of hydrogen-bond acceptors (Lipinski definition) is 4. The van der Waals surface area contributed by atoms with Crippen molar-refractivity contribution in [1.82, 2.24) is 14.7 Å². The molecule has 1 aromatic heterocycles. The normalized spacial score (nSPS) is 16.5. The Kier molecular flexibility index (Phi) is 3.69. The number of hydrogen-bond donors (Lipinski definition) is 0. The van der Waals surface area contributed by atoms with Crippen molar-refractivity contribution in [2.24, 2.45) is 7.05 Å². The second-order valence-electron chi connectivity index (χ2n) is 5.82. The van der Waals surface area contributed by atoms with Crippen molar-refractivity contribution in [3.8, 4) is 0 Å². The summed E-state index contributed by atoms with van der Waals surface area (Å²) >= 11 is 0. The summed E-state index contributed by atoms with van der Waals surface area (Å²) in [6, 6.07) is 0. The first-order valence-corrected chi connectivity index (χ1v) is 6.53. The van der Waals surface area contributed by atoms with Gasteiger partial charge in [0.1, 0.15) is 12.1 Å². The molecule has 2 heterocycles. The SMILES string of the molecule is Cn1cc(N2CCN(C(=O)OC(C)(C)C)CC2=O)cn1. The Morgan fingerprint density at radius 1 is 1.35 bits per heavy atom. The highest BCUT2D eigenvalue weighted by molar-refractivity contribution is 5.97. The van der Waals surface area contributed by atoms with Crippen LogP contribution in [0, 0.1) is 0 Å². The first-order chi connectivity index (χ1) is 9.26. The zero-order valence-corrected chi connectivity index (χ0v) is 12.3. The first-order valence-electron chi connectivity index (χ1n) is 6.53. The Labute approximate surface area is 118 Å². The fourth-order valence-corrected chi connectivity index (χ4v) is 1.98. The van der Waals surface area contributed by atoms with Gasteiger partial charge in [-0.25, -0.2) is 4.79 Å². The van der Waals surface area contributed by atoms with Gasteiger partial charge >= 0.3 is 6.09 Å². The average molecular weight is 280 g/mol. The predicted molar refractivity (Wildman–Crippen MR) is 73.4 cm³/mol. The molecule has 0 unspecified atom stereocenters. The quantitative estimate of drug-likeness (QED) is 0.769. The van der Waals surface area contributed by atoms with Crippen molar-refractivity contribution < 1.29 is 14.3 Å². The van der Waals surface area contributed by atoms with Crippen LogP contribution < -0.4 is 4.90 Å². The van der Waals surface area contributed by atoms with Crippen LogP contribution in [-0.4, -0.2) is 51.9 Å². The van der Waals surface area contributed by atoms with Gasteiger partial charge in [0.15, 0.2) is 0 Å². The van der Waals surface area contributed by atoms with E-state index in [-0.39, 0.29) is 12.5 Å². The van der Waals surface area contributed by atoms with Crippen molar-refractivity contribution in [2.75, 3.05) is 24.5 Å². The molecule has 0 atom stereocenters. The number of piperazine rings is 1. The molecule has 7 heteroatoms. The average Bonchev–Trinajstić information content (AvgIpc) is 2.73. The minimum Gasteiger partial charge on any atom is -0.444 e. The van der Waals surface area contributed by atoms with Gasteiger partial charge in [0.05, 0.1) is 11.9 Å². The smallest absolute Gasteiger partial charge is 0.410 e. The molecule has 0 bridgehead atoms. The molecule has 0 spiro atoms. The third-order valence-corrected chi connectivity index (χ3v) is 2.88. The molecule has 2 rings (SSSR count). The summed E-state index contributed by atoms with van der Waals surface area (Å²) in [7, 11) is 1.80. The second-order valence-corrected chi connectivity index (χ2v) is 5.82. The van der Waals surface area contributed by atoms with Gasteiger partial charge in [0.2, 0.25) is 5.91 Å². The van der Waals surface area contributed by atoms with Gasteiger partial charge in [0.25, 0.3) is 0 Å². The van der Waals surface area contributed by atoms with Crippen LogP contribution in [0.2, 0.25) is 0 Å². The zero-order chi connectivity index (χ0) is 14.9. The number of anilines is 1. The molecule has 0 radical (unpaired) electrons. The molecule has 20 heavy (non-hydrogen) atoms. The van der Waals surface area contributed by atoms with E-state index in [0.29, 0.717) is 13.1 Å². The molecule has 110 valence electrons. The minimum atomic E-state index is -0.555. The van der Waals surface area contributed by atoms with Crippen LogP contribution in [0.15, 0.2) is 12.4 Å². The Morgan fingerprint density at radius 2 is 2.05 bits per heavy atom. The zero-order valence-electron chi connectivity index (χ0n) is 12.3. The molecule has 0 aromatic carbocycles. The lowest BCUT2D eigenvalue weighted by atomic mass is 10.2. The highest BCUT2D eigenvalue weighted by Crippen LogP contribution is 2.17. The highest BCUT2D eigenvalue weighted by atomic mass is 16.6. The lowest BCUT2D eigenvalue weighted by Gasteiger charge is -2.34. The summed E-state index contributed by atoms with van der Waals surface area (Å²) in [6.07, 6.45) is 2.97. The minimum absolute atomic E-state index is 0.0316. The summed E-state index contributed by atoms with van der Waals surface area (Å²) in [5.74, 6) is -0.130. The number of carbonyl (C=O) groups is 2. The maximum atomic E-state index is 12.1. The Morgan fingerprint density at radius 3 is 2.55 bits per heavy atom. The van der Waals surface area contributed by atoms with E-state index in [4.69, 9.17) is 4.74 Å². The van der Waals surface area contributed by atoms with Gasteiger partial charge in [-0.2, -0.15) is 5.10 Å². The number of aryl methyl sites for hydroxylation is 1. The van der Waals surface area contributed by atoms with Gasteiger partial charge in [-0.3, -0.25) is 14.4 Å². The van der Waals surface area contributed by atoms with E-state index in [1.54, 1.807) is 49.8 Å². The molecule has 2 amide bonds. The molecule has 0 N–H and O–H groups in total. The number of rotatable bonds is 1. The van der Waals surface area contributed by atoms with Crippen LogP contribution >= 0.6 is 0 Å². The third-order valence-electron chi connectivity index (χ3n) is 2.88. The third kappa shape index (κ3) is 3.28. The first kappa shape index (κ1) is 14.4. The fraction of sp³-hybridized carbons (Fsp3) is 0.615. The summed E-state index contributed by atoms with van der Waals surface area (Å²) in [6.45, 7) is 6.35. The van der Waals surface area contributed by atoms with Crippen molar-refractivity contribution in [3.63, 3.8) is 0 Å². The molecular formula is C13H20N4O3. The lowest BCUT2D eigenvalue weighted by Crippen LogP contribution is -2.53. The maximum absolute atomic E-state index is 12.1. The van der Waals surface area contributed by atoms with Gasteiger partial charge in [-0.15, -0.1) is 0 Å². The van der Waals surface area contributed by atoms with Crippen LogP contribution in [0.25, 0.3) is 0 Å². The van der Waals surface area contributed by atoms with E-state index in [2.05, 4.69) is 5.10 Å². The molecule has 1 aliphatic rings. The molecular weight excluding hydrogens is 260 g/mol. The van der Waals surface area contributed by atoms with Gasteiger partial charge in [0, 0.05) is 26.3 Å². The summed E-state index contributed by atoms with van der Waals surface area (Å²) in [5, 5.41) is 4.05. The number of carbonyl (C=O) groups excluding carboxylic acids is 2. The van der Waals surface area contributed by atoms with E-state index in [1.165, 1.54) is 4.90 Å². The van der Waals surface area contributed by atoms with E-state index in [1.807, 2.05) is 0 Å². The van der Waals surface area contributed by atoms with Crippen molar-refractivity contribution in [1.29, 1.82) is 0 Å². The number of amides is 2. The van der Waals surface area contributed by atoms with E-state index in [9.17, 15) is 9.59 Å². The van der Waals surface area contributed by atoms with Crippen molar-refractivity contribution >= 4 is 17.7 Å². The molecule has 1 aromatic rings. The monoisotopic (exact) mass is 280 g/mol. The van der Waals surface area contributed by atoms with Crippen LogP contribution in [0.1, 0.15) is 20.8 Å². The van der Waals surface area contributed by atoms with Gasteiger partial charge in [-0.1, -0.05) is 0 Å².